The van der Waals surface area contributed by atoms with Crippen molar-refractivity contribution in [1.82, 2.24) is 10.2 Å². The van der Waals surface area contributed by atoms with Crippen LogP contribution in [-0.2, 0) is 4.79 Å². The third-order valence-corrected chi connectivity index (χ3v) is 1.51. The van der Waals surface area contributed by atoms with E-state index in [0.29, 0.717) is 6.54 Å². The molecule has 2 heterocycles. The van der Waals surface area contributed by atoms with Crippen molar-refractivity contribution in [3.63, 3.8) is 0 Å². The van der Waals surface area contributed by atoms with Crippen molar-refractivity contribution in [1.29, 1.82) is 0 Å². The second kappa shape index (κ2) is 2.23. The topological polar surface area (TPSA) is 44.7 Å². The molecule has 0 aliphatic carbocycles. The van der Waals surface area contributed by atoms with Crippen LogP contribution < -0.4 is 5.32 Å². The van der Waals surface area contributed by atoms with Gasteiger partial charge in [0.05, 0.1) is 12.9 Å². The van der Waals surface area contributed by atoms with Crippen molar-refractivity contribution >= 4 is 12.2 Å². The van der Waals surface area contributed by atoms with Crippen molar-refractivity contribution < 1.29 is 4.79 Å². The van der Waals surface area contributed by atoms with E-state index in [2.05, 4.69) is 10.3 Å². The number of amides is 1. The van der Waals surface area contributed by atoms with Crippen LogP contribution >= 0.6 is 0 Å². The Balaban J connectivity index is 2.31. The number of nitrogens with zero attached hydrogens (tertiary/aromatic N) is 2. The predicted octanol–water partition coefficient (Wildman–Crippen LogP) is -0.185. The fourth-order valence-corrected chi connectivity index (χ4v) is 0.992. The zero-order valence-corrected chi connectivity index (χ0v) is 5.82. The third kappa shape index (κ3) is 1.02. The first-order valence-electron chi connectivity index (χ1n) is 3.34. The molecule has 4 nitrogen and oxygen atoms in total. The molecule has 4 heteroatoms. The maximum atomic E-state index is 10.8. The highest BCUT2D eigenvalue weighted by Gasteiger charge is 2.13. The van der Waals surface area contributed by atoms with Gasteiger partial charge in [0.25, 0.3) is 5.91 Å². The van der Waals surface area contributed by atoms with E-state index in [0.717, 1.165) is 5.82 Å². The van der Waals surface area contributed by atoms with Gasteiger partial charge in [-0.15, -0.1) is 0 Å². The summed E-state index contributed by atoms with van der Waals surface area (Å²) >= 11 is 0. The fourth-order valence-electron chi connectivity index (χ4n) is 0.992. The molecule has 2 aliphatic heterocycles. The first-order chi connectivity index (χ1) is 5.36. The van der Waals surface area contributed by atoms with Crippen LogP contribution in [0.4, 0.5) is 0 Å². The second-order valence-corrected chi connectivity index (χ2v) is 2.28. The zero-order valence-electron chi connectivity index (χ0n) is 5.82. The largest absolute Gasteiger partial charge is 0.308 e. The van der Waals surface area contributed by atoms with E-state index in [1.165, 1.54) is 6.08 Å². The van der Waals surface area contributed by atoms with Crippen molar-refractivity contribution in [3.05, 3.63) is 24.2 Å². The van der Waals surface area contributed by atoms with Gasteiger partial charge in [-0.05, 0) is 6.08 Å². The first-order valence-corrected chi connectivity index (χ1v) is 3.34. The number of fused-ring (bicyclic) bond motifs is 1. The Labute approximate surface area is 63.9 Å². The summed E-state index contributed by atoms with van der Waals surface area (Å²) in [6.45, 7) is 0.639. The van der Waals surface area contributed by atoms with Crippen LogP contribution in [0.25, 0.3) is 0 Å². The average molecular weight is 149 g/mol. The zero-order chi connectivity index (χ0) is 7.68. The summed E-state index contributed by atoms with van der Waals surface area (Å²) in [7, 11) is 0. The van der Waals surface area contributed by atoms with Crippen LogP contribution in [0.5, 0.6) is 0 Å². The van der Waals surface area contributed by atoms with E-state index >= 15 is 0 Å². The molecule has 2 rings (SSSR count). The predicted molar refractivity (Wildman–Crippen MR) is 40.6 cm³/mol. The average Bonchev–Trinajstić information content (AvgIpc) is 2.04. The molecule has 0 saturated carbocycles. The van der Waals surface area contributed by atoms with Crippen LogP contribution in [0, 0.1) is 0 Å². The number of rotatable bonds is 0. The van der Waals surface area contributed by atoms with Crippen molar-refractivity contribution in [2.75, 3.05) is 6.54 Å². The molecule has 0 spiro atoms. The minimum Gasteiger partial charge on any atom is -0.308 e. The van der Waals surface area contributed by atoms with Gasteiger partial charge < -0.3 is 5.32 Å². The van der Waals surface area contributed by atoms with Crippen LogP contribution in [0.1, 0.15) is 0 Å². The summed E-state index contributed by atoms with van der Waals surface area (Å²) in [6.07, 6.45) is 6.70. The Hall–Kier alpha value is -1.58. The molecule has 11 heavy (non-hydrogen) atoms. The van der Waals surface area contributed by atoms with Gasteiger partial charge in [-0.3, -0.25) is 14.7 Å². The fraction of sp³-hybridized carbons (Fsp3) is 0.143. The van der Waals surface area contributed by atoms with Gasteiger partial charge in [0.15, 0.2) is 0 Å². The maximum absolute atomic E-state index is 10.8. The standard InChI is InChI=1S/C7H7N3O/c11-7-2-4-10-5-8-3-1-6(10)9-7/h1-2,4-5H,3H2,(H,9,11). The number of aliphatic imine (C=N–C) groups is 1. The van der Waals surface area contributed by atoms with Crippen LogP contribution in [0.3, 0.4) is 0 Å². The molecule has 0 aromatic carbocycles. The van der Waals surface area contributed by atoms with E-state index in [9.17, 15) is 4.79 Å². The summed E-state index contributed by atoms with van der Waals surface area (Å²) in [6, 6.07) is 0. The van der Waals surface area contributed by atoms with Gasteiger partial charge in [-0.25, -0.2) is 0 Å². The molecular formula is C7H7N3O. The van der Waals surface area contributed by atoms with Gasteiger partial charge in [0, 0.05) is 12.3 Å². The van der Waals surface area contributed by atoms with Gasteiger partial charge in [0.1, 0.15) is 5.82 Å². The molecular weight excluding hydrogens is 142 g/mol. The number of hydrogen-bond donors (Lipinski definition) is 1. The Morgan fingerprint density at radius 2 is 2.55 bits per heavy atom. The quantitative estimate of drug-likeness (QED) is 0.519. The van der Waals surface area contributed by atoms with E-state index in [-0.39, 0.29) is 5.91 Å². The van der Waals surface area contributed by atoms with Gasteiger partial charge in [0.2, 0.25) is 0 Å². The number of carbonyl (C=O) groups excluding carboxylic acids is 1. The van der Waals surface area contributed by atoms with Crippen molar-refractivity contribution in [2.45, 2.75) is 0 Å². The molecule has 0 saturated heterocycles. The Kier molecular flexibility index (Phi) is 1.25. The van der Waals surface area contributed by atoms with Crippen molar-refractivity contribution in [2.24, 2.45) is 4.99 Å². The summed E-state index contributed by atoms with van der Waals surface area (Å²) in [5.74, 6) is 0.718. The second-order valence-electron chi connectivity index (χ2n) is 2.28. The van der Waals surface area contributed by atoms with Crippen LogP contribution in [0.15, 0.2) is 29.2 Å². The molecule has 0 radical (unpaired) electrons. The lowest BCUT2D eigenvalue weighted by molar-refractivity contribution is -0.116. The number of nitrogens with one attached hydrogen (secondary N) is 1. The Morgan fingerprint density at radius 3 is 3.45 bits per heavy atom. The smallest absolute Gasteiger partial charge is 0.250 e. The molecule has 2 aliphatic rings. The van der Waals surface area contributed by atoms with E-state index < -0.39 is 0 Å². The highest BCUT2D eigenvalue weighted by Crippen LogP contribution is 2.07. The van der Waals surface area contributed by atoms with E-state index in [1.807, 2.05) is 6.08 Å². The van der Waals surface area contributed by atoms with E-state index in [1.54, 1.807) is 17.4 Å². The molecule has 0 aromatic rings. The summed E-state index contributed by atoms with van der Waals surface area (Å²) in [4.78, 5) is 16.6. The summed E-state index contributed by atoms with van der Waals surface area (Å²) in [5, 5.41) is 2.69. The van der Waals surface area contributed by atoms with Gasteiger partial charge in [-0.1, -0.05) is 0 Å². The lowest BCUT2D eigenvalue weighted by Crippen LogP contribution is -2.36. The SMILES string of the molecule is O=C1C=CN2C=NCC=C2N1. The molecule has 0 atom stereocenters. The minimum atomic E-state index is -0.0807. The number of carbonyl (C=O) groups is 1. The van der Waals surface area contributed by atoms with E-state index in [4.69, 9.17) is 0 Å². The third-order valence-electron chi connectivity index (χ3n) is 1.51. The molecule has 56 valence electrons. The molecule has 0 fully saturated rings. The monoisotopic (exact) mass is 149 g/mol. The molecule has 0 unspecified atom stereocenters. The molecule has 0 bridgehead atoms. The lowest BCUT2D eigenvalue weighted by Gasteiger charge is -2.24. The highest BCUT2D eigenvalue weighted by molar-refractivity contribution is 5.91. The lowest BCUT2D eigenvalue weighted by atomic mass is 10.3. The summed E-state index contributed by atoms with van der Waals surface area (Å²) in [5.41, 5.74) is 0. The van der Waals surface area contributed by atoms with Crippen molar-refractivity contribution in [3.8, 4) is 0 Å². The van der Waals surface area contributed by atoms with Gasteiger partial charge in [-0.2, -0.15) is 0 Å². The van der Waals surface area contributed by atoms with Crippen LogP contribution in [-0.4, -0.2) is 23.7 Å². The van der Waals surface area contributed by atoms with Gasteiger partial charge >= 0.3 is 0 Å². The molecule has 0 aromatic heterocycles. The minimum absolute atomic E-state index is 0.0807. The Bertz CT molecular complexity index is 277. The summed E-state index contributed by atoms with van der Waals surface area (Å²) < 4.78 is 0. The Morgan fingerprint density at radius 1 is 1.64 bits per heavy atom. The van der Waals surface area contributed by atoms with Crippen LogP contribution in [0.2, 0.25) is 0 Å². The molecule has 1 N–H and O–H groups in total. The first kappa shape index (κ1) is 6.15. The maximum Gasteiger partial charge on any atom is 0.250 e. The normalized spacial score (nSPS) is 20.9. The highest BCUT2D eigenvalue weighted by atomic mass is 16.1. The number of hydrogen-bond acceptors (Lipinski definition) is 3. The molecule has 1 amide bonds.